The van der Waals surface area contributed by atoms with Crippen molar-refractivity contribution in [3.05, 3.63) is 0 Å². The molecule has 1 atom stereocenters. The molecule has 14 heavy (non-hydrogen) atoms. The quantitative estimate of drug-likeness (QED) is 0.621. The lowest BCUT2D eigenvalue weighted by Gasteiger charge is -2.32. The molecule has 1 amide bonds. The Morgan fingerprint density at radius 3 is 2.50 bits per heavy atom. The second-order valence-electron chi connectivity index (χ2n) is 3.86. The van der Waals surface area contributed by atoms with Gasteiger partial charge in [-0.1, -0.05) is 5.92 Å². The smallest absolute Gasteiger partial charge is 0.298 e. The van der Waals surface area contributed by atoms with Crippen LogP contribution in [-0.2, 0) is 4.79 Å². The fourth-order valence-corrected chi connectivity index (χ4v) is 1.81. The number of hydrogen-bond donors (Lipinski definition) is 1. The lowest BCUT2D eigenvalue weighted by atomic mass is 9.91. The number of carbonyl (C=O) groups is 1. The minimum Gasteiger partial charge on any atom is -0.332 e. The van der Waals surface area contributed by atoms with Crippen LogP contribution in [0.1, 0.15) is 26.7 Å². The third kappa shape index (κ3) is 2.74. The van der Waals surface area contributed by atoms with Gasteiger partial charge in [0.25, 0.3) is 5.91 Å². The summed E-state index contributed by atoms with van der Waals surface area (Å²) in [5, 5.41) is 0. The van der Waals surface area contributed by atoms with Gasteiger partial charge in [0.2, 0.25) is 0 Å². The first kappa shape index (κ1) is 11.1. The molecule has 1 heterocycles. The zero-order valence-corrected chi connectivity index (χ0v) is 8.92. The molecule has 0 saturated carbocycles. The number of nitrogens with zero attached hydrogens (tertiary/aromatic N) is 1. The Kier molecular flexibility index (Phi) is 3.97. The lowest BCUT2D eigenvalue weighted by Crippen LogP contribution is -2.42. The van der Waals surface area contributed by atoms with Crippen LogP contribution in [0.2, 0.25) is 0 Å². The SMILES string of the molecule is CC#CC(=O)N1CCC(C(C)N)CC1. The summed E-state index contributed by atoms with van der Waals surface area (Å²) in [6, 6.07) is 0.240. The topological polar surface area (TPSA) is 46.3 Å². The van der Waals surface area contributed by atoms with Gasteiger partial charge in [0.1, 0.15) is 0 Å². The van der Waals surface area contributed by atoms with Gasteiger partial charge in [0.15, 0.2) is 0 Å². The second-order valence-corrected chi connectivity index (χ2v) is 3.86. The van der Waals surface area contributed by atoms with Crippen molar-refractivity contribution >= 4 is 5.91 Å². The zero-order chi connectivity index (χ0) is 10.6. The number of nitrogens with two attached hydrogens (primary N) is 1. The summed E-state index contributed by atoms with van der Waals surface area (Å²) in [6.45, 7) is 5.33. The summed E-state index contributed by atoms with van der Waals surface area (Å²) < 4.78 is 0. The van der Waals surface area contributed by atoms with E-state index in [9.17, 15) is 4.79 Å². The van der Waals surface area contributed by atoms with Crippen molar-refractivity contribution in [2.75, 3.05) is 13.1 Å². The van der Waals surface area contributed by atoms with E-state index in [0.29, 0.717) is 5.92 Å². The summed E-state index contributed by atoms with van der Waals surface area (Å²) >= 11 is 0. The van der Waals surface area contributed by atoms with Crippen molar-refractivity contribution < 1.29 is 4.79 Å². The van der Waals surface area contributed by atoms with Crippen LogP contribution in [0.3, 0.4) is 0 Å². The molecule has 1 aliphatic rings. The van der Waals surface area contributed by atoms with Gasteiger partial charge in [-0.25, -0.2) is 0 Å². The Labute approximate surface area is 85.6 Å². The van der Waals surface area contributed by atoms with Crippen molar-refractivity contribution in [3.8, 4) is 11.8 Å². The highest BCUT2D eigenvalue weighted by Crippen LogP contribution is 2.19. The molecule has 1 aliphatic heterocycles. The number of carbonyl (C=O) groups excluding carboxylic acids is 1. The van der Waals surface area contributed by atoms with E-state index in [4.69, 9.17) is 5.73 Å². The maximum Gasteiger partial charge on any atom is 0.298 e. The van der Waals surface area contributed by atoms with Crippen LogP contribution in [0.4, 0.5) is 0 Å². The average molecular weight is 194 g/mol. The van der Waals surface area contributed by atoms with E-state index in [1.165, 1.54) is 0 Å². The molecule has 3 heteroatoms. The minimum absolute atomic E-state index is 0.0457. The maximum absolute atomic E-state index is 11.4. The molecular formula is C11H18N2O. The monoisotopic (exact) mass is 194 g/mol. The molecule has 0 aromatic rings. The van der Waals surface area contributed by atoms with Crippen molar-refractivity contribution in [2.45, 2.75) is 32.7 Å². The normalized spacial score (nSPS) is 19.8. The van der Waals surface area contributed by atoms with Gasteiger partial charge in [0, 0.05) is 19.1 Å². The first-order valence-corrected chi connectivity index (χ1v) is 5.12. The van der Waals surface area contributed by atoms with Gasteiger partial charge >= 0.3 is 0 Å². The number of amides is 1. The third-order valence-corrected chi connectivity index (χ3v) is 2.80. The number of rotatable bonds is 1. The van der Waals surface area contributed by atoms with E-state index in [1.807, 2.05) is 11.8 Å². The number of piperidine rings is 1. The van der Waals surface area contributed by atoms with E-state index < -0.39 is 0 Å². The van der Waals surface area contributed by atoms with Crippen LogP contribution in [-0.4, -0.2) is 29.9 Å². The van der Waals surface area contributed by atoms with Crippen LogP contribution in [0.25, 0.3) is 0 Å². The van der Waals surface area contributed by atoms with E-state index in [-0.39, 0.29) is 11.9 Å². The van der Waals surface area contributed by atoms with Crippen LogP contribution in [0.15, 0.2) is 0 Å². The Balaban J connectivity index is 2.42. The Hall–Kier alpha value is -1.01. The van der Waals surface area contributed by atoms with Crippen molar-refractivity contribution in [1.29, 1.82) is 0 Å². The summed E-state index contributed by atoms with van der Waals surface area (Å²) in [5.74, 6) is 5.72. The molecule has 0 radical (unpaired) electrons. The van der Waals surface area contributed by atoms with Crippen LogP contribution in [0.5, 0.6) is 0 Å². The molecule has 78 valence electrons. The Morgan fingerprint density at radius 1 is 1.50 bits per heavy atom. The molecule has 2 N–H and O–H groups in total. The average Bonchev–Trinajstić information content (AvgIpc) is 2.18. The van der Waals surface area contributed by atoms with Gasteiger partial charge in [0.05, 0.1) is 0 Å². The molecule has 1 unspecified atom stereocenters. The van der Waals surface area contributed by atoms with Crippen LogP contribution >= 0.6 is 0 Å². The molecule has 1 rings (SSSR count). The molecular weight excluding hydrogens is 176 g/mol. The molecule has 0 aromatic heterocycles. The molecule has 0 spiro atoms. The molecule has 1 fully saturated rings. The lowest BCUT2D eigenvalue weighted by molar-refractivity contribution is -0.126. The summed E-state index contributed by atoms with van der Waals surface area (Å²) in [5.41, 5.74) is 5.82. The predicted octanol–water partition coefficient (Wildman–Crippen LogP) is 0.596. The first-order valence-electron chi connectivity index (χ1n) is 5.12. The summed E-state index contributed by atoms with van der Waals surface area (Å²) in [7, 11) is 0. The molecule has 3 nitrogen and oxygen atoms in total. The first-order chi connectivity index (χ1) is 6.65. The van der Waals surface area contributed by atoms with E-state index in [0.717, 1.165) is 25.9 Å². The third-order valence-electron chi connectivity index (χ3n) is 2.80. The minimum atomic E-state index is -0.0457. The summed E-state index contributed by atoms with van der Waals surface area (Å²) in [6.07, 6.45) is 2.02. The fraction of sp³-hybridized carbons (Fsp3) is 0.727. The van der Waals surface area contributed by atoms with Crippen molar-refractivity contribution in [3.63, 3.8) is 0 Å². The van der Waals surface area contributed by atoms with Crippen LogP contribution < -0.4 is 5.73 Å². The zero-order valence-electron chi connectivity index (χ0n) is 8.92. The van der Waals surface area contributed by atoms with Gasteiger partial charge in [-0.05, 0) is 38.5 Å². The van der Waals surface area contributed by atoms with Gasteiger partial charge in [-0.3, -0.25) is 4.79 Å². The number of likely N-dealkylation sites (tertiary alicyclic amines) is 1. The second kappa shape index (κ2) is 5.02. The van der Waals surface area contributed by atoms with Gasteiger partial charge in [-0.2, -0.15) is 0 Å². The Bertz CT molecular complexity index is 254. The maximum atomic E-state index is 11.4. The van der Waals surface area contributed by atoms with Crippen LogP contribution in [0, 0.1) is 17.8 Å². The van der Waals surface area contributed by atoms with E-state index in [1.54, 1.807) is 6.92 Å². The van der Waals surface area contributed by atoms with E-state index >= 15 is 0 Å². The number of hydrogen-bond acceptors (Lipinski definition) is 2. The highest BCUT2D eigenvalue weighted by molar-refractivity contribution is 5.93. The highest BCUT2D eigenvalue weighted by Gasteiger charge is 2.23. The molecule has 0 bridgehead atoms. The van der Waals surface area contributed by atoms with Gasteiger partial charge < -0.3 is 10.6 Å². The highest BCUT2D eigenvalue weighted by atomic mass is 16.2. The molecule has 0 aromatic carbocycles. The standard InChI is InChI=1S/C11H18N2O/c1-3-4-11(14)13-7-5-10(6-8-13)9(2)12/h9-10H,5-8,12H2,1-2H3. The Morgan fingerprint density at radius 2 is 2.07 bits per heavy atom. The van der Waals surface area contributed by atoms with Crippen molar-refractivity contribution in [2.24, 2.45) is 11.7 Å². The van der Waals surface area contributed by atoms with E-state index in [2.05, 4.69) is 11.8 Å². The molecule has 1 saturated heterocycles. The van der Waals surface area contributed by atoms with Gasteiger partial charge in [-0.15, -0.1) is 0 Å². The predicted molar refractivity (Wildman–Crippen MR) is 56.4 cm³/mol. The van der Waals surface area contributed by atoms with Crippen molar-refractivity contribution in [1.82, 2.24) is 4.90 Å². The largest absolute Gasteiger partial charge is 0.332 e. The fourth-order valence-electron chi connectivity index (χ4n) is 1.81. The molecule has 0 aliphatic carbocycles. The summed E-state index contributed by atoms with van der Waals surface area (Å²) in [4.78, 5) is 13.2.